The fourth-order valence-electron chi connectivity index (χ4n) is 4.89. The Kier molecular flexibility index (Phi) is 5.17. The van der Waals surface area contributed by atoms with Gasteiger partial charge in [0.1, 0.15) is 11.4 Å². The molecule has 1 aliphatic carbocycles. The molecule has 32 heavy (non-hydrogen) atoms. The van der Waals surface area contributed by atoms with Crippen LogP contribution in [0.5, 0.6) is 11.5 Å². The van der Waals surface area contributed by atoms with E-state index in [-0.39, 0.29) is 36.5 Å². The number of amides is 1. The van der Waals surface area contributed by atoms with Crippen LogP contribution < -0.4 is 14.8 Å². The van der Waals surface area contributed by atoms with Gasteiger partial charge < -0.3 is 19.7 Å². The van der Waals surface area contributed by atoms with Crippen molar-refractivity contribution in [3.63, 3.8) is 0 Å². The molecule has 0 saturated heterocycles. The summed E-state index contributed by atoms with van der Waals surface area (Å²) in [5.41, 5.74) is 0.799. The minimum atomic E-state index is -4.51. The zero-order valence-corrected chi connectivity index (χ0v) is 17.7. The number of anilines is 1. The number of rotatable bonds is 3. The number of carbonyl (C=O) groups excluding carboxylic acids is 1. The van der Waals surface area contributed by atoms with Crippen molar-refractivity contribution in [3.8, 4) is 11.5 Å². The lowest BCUT2D eigenvalue weighted by molar-refractivity contribution is -0.173. The van der Waals surface area contributed by atoms with Gasteiger partial charge in [0.25, 0.3) is 5.91 Å². The van der Waals surface area contributed by atoms with Gasteiger partial charge in [0, 0.05) is 19.5 Å². The number of aromatic nitrogens is 2. The number of nitrogens with one attached hydrogen (secondary N) is 1. The average molecular weight is 450 g/mol. The molecule has 0 spiro atoms. The average Bonchev–Trinajstić information content (AvgIpc) is 3.43. The topological polar surface area (TPSA) is 68.6 Å². The summed E-state index contributed by atoms with van der Waals surface area (Å²) in [4.78, 5) is 14.9. The molecule has 3 heterocycles. The highest BCUT2D eigenvalue weighted by Crippen LogP contribution is 2.46. The predicted octanol–water partition coefficient (Wildman–Crippen LogP) is 4.68. The van der Waals surface area contributed by atoms with E-state index < -0.39 is 18.3 Å². The maximum atomic E-state index is 14.0. The monoisotopic (exact) mass is 450 g/mol. The van der Waals surface area contributed by atoms with Crippen LogP contribution in [-0.4, -0.2) is 46.6 Å². The van der Waals surface area contributed by atoms with Crippen LogP contribution in [0.1, 0.15) is 66.5 Å². The summed E-state index contributed by atoms with van der Waals surface area (Å²) in [5.74, 6) is 0.860. The number of benzene rings is 1. The maximum absolute atomic E-state index is 14.0. The lowest BCUT2D eigenvalue weighted by Crippen LogP contribution is -2.39. The third kappa shape index (κ3) is 3.65. The fourth-order valence-corrected chi connectivity index (χ4v) is 4.89. The third-order valence-corrected chi connectivity index (χ3v) is 6.71. The summed E-state index contributed by atoms with van der Waals surface area (Å²) < 4.78 is 53.5. The van der Waals surface area contributed by atoms with Crippen molar-refractivity contribution in [3.05, 3.63) is 35.5 Å². The van der Waals surface area contributed by atoms with E-state index in [2.05, 4.69) is 10.4 Å². The quantitative estimate of drug-likeness (QED) is 0.736. The van der Waals surface area contributed by atoms with Crippen LogP contribution in [0, 0.1) is 0 Å². The Balaban J connectivity index is 1.48. The van der Waals surface area contributed by atoms with Crippen molar-refractivity contribution in [1.29, 1.82) is 0 Å². The first-order valence-electron chi connectivity index (χ1n) is 10.9. The first-order valence-corrected chi connectivity index (χ1v) is 10.9. The number of hydrogen-bond acceptors (Lipinski definition) is 5. The first-order chi connectivity index (χ1) is 15.3. The summed E-state index contributed by atoms with van der Waals surface area (Å²) in [7, 11) is 1.72. The highest BCUT2D eigenvalue weighted by Gasteiger charge is 2.47. The van der Waals surface area contributed by atoms with Crippen molar-refractivity contribution < 1.29 is 27.4 Å². The Morgan fingerprint density at radius 1 is 1.19 bits per heavy atom. The molecule has 1 aromatic heterocycles. The number of nitrogens with zero attached hydrogens (tertiary/aromatic N) is 3. The van der Waals surface area contributed by atoms with Crippen molar-refractivity contribution >= 4 is 11.7 Å². The molecule has 0 bridgehead atoms. The lowest BCUT2D eigenvalue weighted by atomic mass is 9.94. The summed E-state index contributed by atoms with van der Waals surface area (Å²) in [6.45, 7) is 0.0843. The largest absolute Gasteiger partial charge is 0.454 e. The van der Waals surface area contributed by atoms with Crippen LogP contribution in [0.2, 0.25) is 0 Å². The number of alkyl halides is 3. The molecule has 0 radical (unpaired) electrons. The Bertz CT molecular complexity index is 1020. The smallest absolute Gasteiger partial charge is 0.410 e. The lowest BCUT2D eigenvalue weighted by Gasteiger charge is -2.35. The Morgan fingerprint density at radius 2 is 1.94 bits per heavy atom. The maximum Gasteiger partial charge on any atom is 0.410 e. The number of hydrogen-bond donors (Lipinski definition) is 1. The minimum absolute atomic E-state index is 0.0843. The normalized spacial score (nSPS) is 22.9. The van der Waals surface area contributed by atoms with Crippen molar-refractivity contribution in [1.82, 2.24) is 14.7 Å². The molecule has 0 unspecified atom stereocenters. The van der Waals surface area contributed by atoms with Crippen LogP contribution in [0.3, 0.4) is 0 Å². The predicted molar refractivity (Wildman–Crippen MR) is 110 cm³/mol. The molecule has 1 N–H and O–H groups in total. The number of carbonyl (C=O) groups is 1. The summed E-state index contributed by atoms with van der Waals surface area (Å²) in [6, 6.07) is 2.70. The van der Waals surface area contributed by atoms with Crippen LogP contribution in [0.15, 0.2) is 24.4 Å². The molecule has 1 fully saturated rings. The van der Waals surface area contributed by atoms with Gasteiger partial charge in [0.05, 0.1) is 12.2 Å². The van der Waals surface area contributed by atoms with E-state index in [4.69, 9.17) is 9.47 Å². The zero-order chi connectivity index (χ0) is 22.5. The Morgan fingerprint density at radius 3 is 2.69 bits per heavy atom. The molecule has 7 nitrogen and oxygen atoms in total. The number of halogens is 3. The standard InChI is InChI=1S/C22H25F3N4O3/c1-28(14-5-3-2-4-6-14)21(30)15-11-26-29-19(22(23,24)25)10-16(27-20(15)29)13-7-8-17-18(9-13)32-12-31-17/h7-9,11,14,16,19,27H,2-6,10,12H2,1H3/t16-,19-/m1/s1. The van der Waals surface area contributed by atoms with Gasteiger partial charge in [0.2, 0.25) is 6.79 Å². The zero-order valence-electron chi connectivity index (χ0n) is 17.7. The second-order valence-corrected chi connectivity index (χ2v) is 8.66. The summed E-state index contributed by atoms with van der Waals surface area (Å²) in [6.07, 6.45) is 1.56. The molecule has 172 valence electrons. The third-order valence-electron chi connectivity index (χ3n) is 6.71. The molecular formula is C22H25F3N4O3. The van der Waals surface area contributed by atoms with Crippen LogP contribution in [0.25, 0.3) is 0 Å². The van der Waals surface area contributed by atoms with E-state index in [1.807, 2.05) is 0 Å². The molecule has 5 rings (SSSR count). The second-order valence-electron chi connectivity index (χ2n) is 8.66. The van der Waals surface area contributed by atoms with Crippen LogP contribution in [0.4, 0.5) is 19.0 Å². The molecular weight excluding hydrogens is 425 g/mol. The van der Waals surface area contributed by atoms with Gasteiger partial charge in [-0.3, -0.25) is 4.79 Å². The SMILES string of the molecule is CN(C(=O)c1cnn2c1N[C@@H](c1ccc3c(c1)OCO3)C[C@@H]2C(F)(F)F)C1CCCCC1. The van der Waals surface area contributed by atoms with Crippen LogP contribution >= 0.6 is 0 Å². The van der Waals surface area contributed by atoms with E-state index in [1.165, 1.54) is 6.20 Å². The molecule has 3 aliphatic rings. The van der Waals surface area contributed by atoms with Gasteiger partial charge in [-0.15, -0.1) is 0 Å². The summed E-state index contributed by atoms with van der Waals surface area (Å²) in [5, 5.41) is 7.13. The molecule has 1 aromatic carbocycles. The Hall–Kier alpha value is -2.91. The molecule has 1 saturated carbocycles. The molecule has 2 atom stereocenters. The van der Waals surface area contributed by atoms with Gasteiger partial charge in [-0.2, -0.15) is 18.3 Å². The van der Waals surface area contributed by atoms with Gasteiger partial charge >= 0.3 is 6.18 Å². The van der Waals surface area contributed by atoms with Gasteiger partial charge in [-0.25, -0.2) is 4.68 Å². The van der Waals surface area contributed by atoms with Crippen molar-refractivity contribution in [2.75, 3.05) is 19.2 Å². The second kappa shape index (κ2) is 7.90. The number of ether oxygens (including phenoxy) is 2. The van der Waals surface area contributed by atoms with Gasteiger partial charge in [-0.05, 0) is 30.5 Å². The number of fused-ring (bicyclic) bond motifs is 2. The molecule has 1 amide bonds. The Labute approximate surface area is 183 Å². The fraction of sp³-hybridized carbons (Fsp3) is 0.545. The first kappa shape index (κ1) is 21.0. The van der Waals surface area contributed by atoms with Crippen molar-refractivity contribution in [2.24, 2.45) is 0 Å². The molecule has 10 heteroatoms. The molecule has 2 aromatic rings. The van der Waals surface area contributed by atoms with E-state index in [1.54, 1.807) is 30.1 Å². The van der Waals surface area contributed by atoms with Crippen molar-refractivity contribution in [2.45, 2.75) is 62.8 Å². The van der Waals surface area contributed by atoms with Crippen LogP contribution in [-0.2, 0) is 0 Å². The minimum Gasteiger partial charge on any atom is -0.454 e. The van der Waals surface area contributed by atoms with E-state index in [9.17, 15) is 18.0 Å². The van der Waals surface area contributed by atoms with Gasteiger partial charge in [-0.1, -0.05) is 25.3 Å². The highest BCUT2D eigenvalue weighted by atomic mass is 19.4. The van der Waals surface area contributed by atoms with E-state index in [0.29, 0.717) is 17.1 Å². The van der Waals surface area contributed by atoms with E-state index >= 15 is 0 Å². The molecule has 2 aliphatic heterocycles. The highest BCUT2D eigenvalue weighted by molar-refractivity contribution is 5.99. The van der Waals surface area contributed by atoms with Gasteiger partial charge in [0.15, 0.2) is 17.5 Å². The van der Waals surface area contributed by atoms with E-state index in [0.717, 1.165) is 36.8 Å². The summed E-state index contributed by atoms with van der Waals surface area (Å²) >= 11 is 0.